The molecule has 1 heterocycles. The summed E-state index contributed by atoms with van der Waals surface area (Å²) in [5.41, 5.74) is 2.51. The summed E-state index contributed by atoms with van der Waals surface area (Å²) in [6.45, 7) is 3.85. The van der Waals surface area contributed by atoms with Gasteiger partial charge in [-0.05, 0) is 37.8 Å². The van der Waals surface area contributed by atoms with Gasteiger partial charge >= 0.3 is 0 Å². The summed E-state index contributed by atoms with van der Waals surface area (Å²) in [4.78, 5) is 4.18. The van der Waals surface area contributed by atoms with E-state index in [0.29, 0.717) is 0 Å². The van der Waals surface area contributed by atoms with Crippen LogP contribution < -0.4 is 0 Å². The summed E-state index contributed by atoms with van der Waals surface area (Å²) >= 11 is 0. The number of hydrogen-bond acceptors (Lipinski definition) is 1. The Hall–Kier alpha value is -1.63. The number of aromatic nitrogens is 1. The molecule has 1 saturated carbocycles. The van der Waals surface area contributed by atoms with Crippen molar-refractivity contribution < 1.29 is 0 Å². The summed E-state index contributed by atoms with van der Waals surface area (Å²) in [6.07, 6.45) is 7.17. The monoisotopic (exact) mass is 211 g/mol. The van der Waals surface area contributed by atoms with Crippen molar-refractivity contribution in [2.45, 2.75) is 25.7 Å². The van der Waals surface area contributed by atoms with Gasteiger partial charge in [-0.1, -0.05) is 36.4 Å². The molecule has 0 unspecified atom stereocenters. The van der Waals surface area contributed by atoms with Crippen molar-refractivity contribution in [1.82, 2.24) is 4.98 Å². The molecule has 1 aromatic heterocycles. The Balaban J connectivity index is 0.000000138. The largest absolute Gasteiger partial charge is 0.256 e. The first-order valence-electron chi connectivity index (χ1n) is 5.83. The summed E-state index contributed by atoms with van der Waals surface area (Å²) < 4.78 is 0. The molecule has 0 saturated heterocycles. The molecule has 82 valence electrons. The van der Waals surface area contributed by atoms with Crippen LogP contribution in [0.25, 0.3) is 10.9 Å². The van der Waals surface area contributed by atoms with Gasteiger partial charge in [0.15, 0.2) is 0 Å². The molecule has 0 radical (unpaired) electrons. The first kappa shape index (κ1) is 10.9. The molecule has 3 rings (SSSR count). The minimum absolute atomic E-state index is 1.06. The molecule has 2 aromatic rings. The molecule has 1 heteroatoms. The number of nitrogens with zero attached hydrogens (tertiary/aromatic N) is 1. The first-order chi connectivity index (χ1) is 7.86. The fourth-order valence-electron chi connectivity index (χ4n) is 1.89. The molecule has 1 fully saturated rings. The summed E-state index contributed by atoms with van der Waals surface area (Å²) in [6, 6.07) is 12.1. The quantitative estimate of drug-likeness (QED) is 0.590. The van der Waals surface area contributed by atoms with Crippen molar-refractivity contribution in [3.8, 4) is 0 Å². The lowest BCUT2D eigenvalue weighted by molar-refractivity contribution is 0.886. The average Bonchev–Trinajstić information content (AvgIpc) is 2.81. The zero-order chi connectivity index (χ0) is 11.2. The Morgan fingerprint density at radius 1 is 0.938 bits per heavy atom. The molecule has 0 aliphatic heterocycles. The van der Waals surface area contributed by atoms with Crippen molar-refractivity contribution in [2.24, 2.45) is 0 Å². The van der Waals surface area contributed by atoms with Crippen LogP contribution in [0.1, 0.15) is 25.7 Å². The number of fused-ring (bicyclic) bond motifs is 1. The van der Waals surface area contributed by atoms with Crippen LogP contribution in [0, 0.1) is 0 Å². The molecule has 0 bridgehead atoms. The molecule has 1 aromatic carbocycles. The van der Waals surface area contributed by atoms with Gasteiger partial charge in [0.1, 0.15) is 0 Å². The van der Waals surface area contributed by atoms with Crippen molar-refractivity contribution in [2.75, 3.05) is 0 Å². The number of rotatable bonds is 0. The van der Waals surface area contributed by atoms with E-state index < -0.39 is 0 Å². The minimum Gasteiger partial charge on any atom is -0.256 e. The number of allylic oxidation sites excluding steroid dienone is 1. The molecule has 1 aliphatic rings. The van der Waals surface area contributed by atoms with E-state index >= 15 is 0 Å². The zero-order valence-electron chi connectivity index (χ0n) is 9.52. The maximum Gasteiger partial charge on any atom is 0.0701 e. The van der Waals surface area contributed by atoms with Crippen LogP contribution in [0.5, 0.6) is 0 Å². The molecule has 1 nitrogen and oxygen atoms in total. The molecule has 0 spiro atoms. The maximum atomic E-state index is 4.18. The Morgan fingerprint density at radius 3 is 2.25 bits per heavy atom. The predicted octanol–water partition coefficient (Wildman–Crippen LogP) is 4.35. The second-order valence-corrected chi connectivity index (χ2v) is 4.15. The van der Waals surface area contributed by atoms with E-state index in [0.717, 1.165) is 5.52 Å². The SMILES string of the molecule is C=C1CCCC1.c1ccc2ncccc2c1. The molecule has 0 amide bonds. The summed E-state index contributed by atoms with van der Waals surface area (Å²) in [5.74, 6) is 0. The van der Waals surface area contributed by atoms with Gasteiger partial charge in [0.25, 0.3) is 0 Å². The van der Waals surface area contributed by atoms with E-state index in [-0.39, 0.29) is 0 Å². The first-order valence-corrected chi connectivity index (χ1v) is 5.83. The van der Waals surface area contributed by atoms with Crippen LogP contribution in [0.15, 0.2) is 54.7 Å². The molecule has 16 heavy (non-hydrogen) atoms. The van der Waals surface area contributed by atoms with E-state index in [1.54, 1.807) is 0 Å². The molecular weight excluding hydrogens is 194 g/mol. The van der Waals surface area contributed by atoms with Gasteiger partial charge in [-0.15, -0.1) is 0 Å². The molecule has 0 N–H and O–H groups in total. The van der Waals surface area contributed by atoms with Crippen LogP contribution >= 0.6 is 0 Å². The van der Waals surface area contributed by atoms with Crippen molar-refractivity contribution in [1.29, 1.82) is 0 Å². The van der Waals surface area contributed by atoms with Gasteiger partial charge in [-0.2, -0.15) is 0 Å². The molecular formula is C15H17N. The minimum atomic E-state index is 1.06. The zero-order valence-corrected chi connectivity index (χ0v) is 9.52. The predicted molar refractivity (Wildman–Crippen MR) is 69.4 cm³/mol. The third kappa shape index (κ3) is 2.93. The highest BCUT2D eigenvalue weighted by molar-refractivity contribution is 5.77. The lowest BCUT2D eigenvalue weighted by Crippen LogP contribution is -1.73. The Labute approximate surface area is 96.8 Å². The van der Waals surface area contributed by atoms with Crippen molar-refractivity contribution in [3.05, 3.63) is 54.7 Å². The Bertz CT molecular complexity index is 400. The van der Waals surface area contributed by atoms with E-state index in [9.17, 15) is 0 Å². The van der Waals surface area contributed by atoms with Crippen molar-refractivity contribution in [3.63, 3.8) is 0 Å². The van der Waals surface area contributed by atoms with Gasteiger partial charge in [0.2, 0.25) is 0 Å². The van der Waals surface area contributed by atoms with Gasteiger partial charge in [-0.3, -0.25) is 4.98 Å². The highest BCUT2D eigenvalue weighted by Crippen LogP contribution is 2.20. The lowest BCUT2D eigenvalue weighted by Gasteiger charge is -1.91. The normalized spacial score (nSPS) is 14.6. The van der Waals surface area contributed by atoms with Crippen LogP contribution in [-0.2, 0) is 0 Å². The summed E-state index contributed by atoms with van der Waals surface area (Å²) in [7, 11) is 0. The van der Waals surface area contributed by atoms with Crippen LogP contribution in [0.3, 0.4) is 0 Å². The van der Waals surface area contributed by atoms with E-state index in [2.05, 4.69) is 23.7 Å². The fraction of sp³-hybridized carbons (Fsp3) is 0.267. The highest BCUT2D eigenvalue weighted by Gasteiger charge is 2.01. The van der Waals surface area contributed by atoms with Gasteiger partial charge in [-0.25, -0.2) is 0 Å². The van der Waals surface area contributed by atoms with E-state index in [1.165, 1.54) is 36.6 Å². The van der Waals surface area contributed by atoms with Gasteiger partial charge in [0, 0.05) is 11.6 Å². The lowest BCUT2D eigenvalue weighted by atomic mass is 10.2. The number of para-hydroxylation sites is 1. The van der Waals surface area contributed by atoms with Crippen LogP contribution in [0.4, 0.5) is 0 Å². The maximum absolute atomic E-state index is 4.18. The third-order valence-electron chi connectivity index (χ3n) is 2.82. The van der Waals surface area contributed by atoms with Crippen molar-refractivity contribution >= 4 is 10.9 Å². The van der Waals surface area contributed by atoms with E-state index in [1.807, 2.05) is 30.5 Å². The smallest absolute Gasteiger partial charge is 0.0701 e. The van der Waals surface area contributed by atoms with Crippen LogP contribution in [-0.4, -0.2) is 4.98 Å². The topological polar surface area (TPSA) is 12.9 Å². The number of benzene rings is 1. The standard InChI is InChI=1S/C9H7N.C6H10/c1-2-6-9-8(4-1)5-3-7-10-9;1-6-4-2-3-5-6/h1-7H;1-5H2. The second kappa shape index (κ2) is 5.45. The Morgan fingerprint density at radius 2 is 1.62 bits per heavy atom. The molecule has 1 aliphatic carbocycles. The average molecular weight is 211 g/mol. The Kier molecular flexibility index (Phi) is 3.71. The van der Waals surface area contributed by atoms with Gasteiger partial charge in [0.05, 0.1) is 5.52 Å². The third-order valence-corrected chi connectivity index (χ3v) is 2.82. The number of pyridine rings is 1. The highest BCUT2D eigenvalue weighted by atomic mass is 14.6. The number of hydrogen-bond donors (Lipinski definition) is 0. The second-order valence-electron chi connectivity index (χ2n) is 4.15. The van der Waals surface area contributed by atoms with Gasteiger partial charge < -0.3 is 0 Å². The summed E-state index contributed by atoms with van der Waals surface area (Å²) in [5, 5.41) is 1.20. The van der Waals surface area contributed by atoms with Crippen LogP contribution in [0.2, 0.25) is 0 Å². The fourth-order valence-corrected chi connectivity index (χ4v) is 1.89. The molecule has 0 atom stereocenters. The van der Waals surface area contributed by atoms with E-state index in [4.69, 9.17) is 0 Å².